The molecular formula is C15H19N3S. The van der Waals surface area contributed by atoms with Crippen LogP contribution in [0.3, 0.4) is 0 Å². The third-order valence-electron chi connectivity index (χ3n) is 4.06. The van der Waals surface area contributed by atoms with E-state index >= 15 is 0 Å². The largest absolute Gasteiger partial charge is 0.371 e. The van der Waals surface area contributed by atoms with Crippen LogP contribution in [0.15, 0.2) is 41.9 Å². The number of nitrogens with one attached hydrogen (secondary N) is 1. The summed E-state index contributed by atoms with van der Waals surface area (Å²) in [5.41, 5.74) is 1.39. The molecule has 0 atom stereocenters. The summed E-state index contributed by atoms with van der Waals surface area (Å²) < 4.78 is 0. The van der Waals surface area contributed by atoms with Crippen LogP contribution in [0.4, 0.5) is 5.69 Å². The van der Waals surface area contributed by atoms with Crippen LogP contribution >= 0.6 is 11.3 Å². The molecule has 2 heterocycles. The normalized spacial score (nSPS) is 18.5. The predicted molar refractivity (Wildman–Crippen MR) is 80.7 cm³/mol. The van der Waals surface area contributed by atoms with Crippen molar-refractivity contribution >= 4 is 17.0 Å². The Balaban J connectivity index is 1.75. The van der Waals surface area contributed by atoms with Crippen LogP contribution in [0.2, 0.25) is 0 Å². The van der Waals surface area contributed by atoms with Crippen molar-refractivity contribution in [2.24, 2.45) is 0 Å². The molecule has 1 saturated heterocycles. The first-order valence-electron chi connectivity index (χ1n) is 6.73. The molecule has 0 radical (unpaired) electrons. The van der Waals surface area contributed by atoms with Crippen molar-refractivity contribution in [2.75, 3.05) is 25.0 Å². The number of aromatic nitrogens is 1. The molecule has 1 aromatic heterocycles. The summed E-state index contributed by atoms with van der Waals surface area (Å²) in [5, 5.41) is 6.81. The van der Waals surface area contributed by atoms with Crippen LogP contribution in [-0.2, 0) is 5.54 Å². The van der Waals surface area contributed by atoms with Gasteiger partial charge < -0.3 is 10.2 Å². The van der Waals surface area contributed by atoms with E-state index in [4.69, 9.17) is 0 Å². The number of anilines is 1. The fourth-order valence-electron chi connectivity index (χ4n) is 2.82. The van der Waals surface area contributed by atoms with Gasteiger partial charge in [-0.3, -0.25) is 0 Å². The summed E-state index contributed by atoms with van der Waals surface area (Å²) in [7, 11) is 2.06. The Hall–Kier alpha value is -1.39. The van der Waals surface area contributed by atoms with Crippen molar-refractivity contribution in [2.45, 2.75) is 18.4 Å². The molecule has 1 fully saturated rings. The summed E-state index contributed by atoms with van der Waals surface area (Å²) >= 11 is 1.76. The fraction of sp³-hybridized carbons (Fsp3) is 0.400. The fourth-order valence-corrected chi connectivity index (χ4v) is 3.72. The van der Waals surface area contributed by atoms with Gasteiger partial charge in [0.1, 0.15) is 5.01 Å². The standard InChI is InChI=1S/C15H19N3S/c1-16-15(14-17-9-12-19-14)7-10-18(11-8-15)13-5-3-2-4-6-13/h2-6,9,12,16H,7-8,10-11H2,1H3. The number of nitrogens with zero attached hydrogens (tertiary/aromatic N) is 2. The average Bonchev–Trinajstić information content (AvgIpc) is 3.03. The van der Waals surface area contributed by atoms with Crippen LogP contribution in [-0.4, -0.2) is 25.1 Å². The summed E-state index contributed by atoms with van der Waals surface area (Å²) in [6, 6.07) is 10.7. The van der Waals surface area contributed by atoms with E-state index in [2.05, 4.69) is 58.0 Å². The SMILES string of the molecule is CNC1(c2nccs2)CCN(c2ccccc2)CC1. The number of hydrogen-bond donors (Lipinski definition) is 1. The number of para-hydroxylation sites is 1. The Morgan fingerprint density at radius 3 is 2.53 bits per heavy atom. The maximum Gasteiger partial charge on any atom is 0.113 e. The molecule has 3 nitrogen and oxygen atoms in total. The lowest BCUT2D eigenvalue weighted by Gasteiger charge is -2.41. The summed E-state index contributed by atoms with van der Waals surface area (Å²) in [5.74, 6) is 0. The zero-order valence-electron chi connectivity index (χ0n) is 11.2. The van der Waals surface area contributed by atoms with E-state index in [0.29, 0.717) is 0 Å². The Kier molecular flexibility index (Phi) is 3.53. The number of hydrogen-bond acceptors (Lipinski definition) is 4. The highest BCUT2D eigenvalue weighted by Gasteiger charge is 2.36. The van der Waals surface area contributed by atoms with E-state index in [-0.39, 0.29) is 5.54 Å². The lowest BCUT2D eigenvalue weighted by molar-refractivity contribution is 0.281. The molecule has 0 saturated carbocycles. The van der Waals surface area contributed by atoms with Gasteiger partial charge in [0, 0.05) is 30.4 Å². The second-order valence-corrected chi connectivity index (χ2v) is 5.89. The highest BCUT2D eigenvalue weighted by Crippen LogP contribution is 2.35. The van der Waals surface area contributed by atoms with Crippen molar-refractivity contribution < 1.29 is 0 Å². The maximum absolute atomic E-state index is 4.52. The molecular weight excluding hydrogens is 254 g/mol. The summed E-state index contributed by atoms with van der Waals surface area (Å²) in [6.45, 7) is 2.15. The minimum atomic E-state index is 0.0689. The Morgan fingerprint density at radius 2 is 1.95 bits per heavy atom. The quantitative estimate of drug-likeness (QED) is 0.932. The van der Waals surface area contributed by atoms with Crippen molar-refractivity contribution in [1.82, 2.24) is 10.3 Å². The minimum absolute atomic E-state index is 0.0689. The number of rotatable bonds is 3. The first kappa shape index (κ1) is 12.6. The van der Waals surface area contributed by atoms with Gasteiger partial charge in [-0.15, -0.1) is 11.3 Å². The molecule has 1 aliphatic heterocycles. The third-order valence-corrected chi connectivity index (χ3v) is 5.04. The van der Waals surface area contributed by atoms with Gasteiger partial charge in [-0.1, -0.05) is 18.2 Å². The van der Waals surface area contributed by atoms with E-state index in [1.807, 2.05) is 6.20 Å². The molecule has 1 aromatic carbocycles. The van der Waals surface area contributed by atoms with Gasteiger partial charge in [0.25, 0.3) is 0 Å². The van der Waals surface area contributed by atoms with Gasteiger partial charge in [0.15, 0.2) is 0 Å². The van der Waals surface area contributed by atoms with Crippen LogP contribution in [0.25, 0.3) is 0 Å². The van der Waals surface area contributed by atoms with Crippen molar-refractivity contribution in [3.63, 3.8) is 0 Å². The first-order chi connectivity index (χ1) is 9.34. The van der Waals surface area contributed by atoms with E-state index in [1.54, 1.807) is 11.3 Å². The number of thiazole rings is 1. The van der Waals surface area contributed by atoms with Crippen LogP contribution < -0.4 is 10.2 Å². The van der Waals surface area contributed by atoms with Crippen LogP contribution in [0.1, 0.15) is 17.8 Å². The minimum Gasteiger partial charge on any atom is -0.371 e. The first-order valence-corrected chi connectivity index (χ1v) is 7.61. The Bertz CT molecular complexity index is 501. The molecule has 3 rings (SSSR count). The third kappa shape index (κ3) is 2.38. The van der Waals surface area contributed by atoms with E-state index in [1.165, 1.54) is 10.7 Å². The molecule has 0 bridgehead atoms. The molecule has 1 aliphatic rings. The zero-order chi connectivity index (χ0) is 13.1. The molecule has 0 unspecified atom stereocenters. The van der Waals surface area contributed by atoms with E-state index in [9.17, 15) is 0 Å². The Morgan fingerprint density at radius 1 is 1.21 bits per heavy atom. The molecule has 0 spiro atoms. The van der Waals surface area contributed by atoms with E-state index < -0.39 is 0 Å². The summed E-state index contributed by atoms with van der Waals surface area (Å²) in [4.78, 5) is 6.98. The van der Waals surface area contributed by atoms with Gasteiger partial charge in [-0.2, -0.15) is 0 Å². The molecule has 19 heavy (non-hydrogen) atoms. The van der Waals surface area contributed by atoms with Crippen molar-refractivity contribution in [3.8, 4) is 0 Å². The predicted octanol–water partition coefficient (Wildman–Crippen LogP) is 2.86. The molecule has 2 aromatic rings. The Labute approximate surface area is 118 Å². The molecule has 100 valence electrons. The van der Waals surface area contributed by atoms with Gasteiger partial charge in [-0.05, 0) is 32.0 Å². The summed E-state index contributed by atoms with van der Waals surface area (Å²) in [6.07, 6.45) is 4.11. The van der Waals surface area contributed by atoms with Gasteiger partial charge in [0.2, 0.25) is 0 Å². The number of piperidine rings is 1. The monoisotopic (exact) mass is 273 g/mol. The lowest BCUT2D eigenvalue weighted by Crippen LogP contribution is -2.49. The zero-order valence-corrected chi connectivity index (χ0v) is 12.0. The van der Waals surface area contributed by atoms with Crippen LogP contribution in [0.5, 0.6) is 0 Å². The molecule has 1 N–H and O–H groups in total. The van der Waals surface area contributed by atoms with E-state index in [0.717, 1.165) is 25.9 Å². The molecule has 0 amide bonds. The molecule has 4 heteroatoms. The van der Waals surface area contributed by atoms with Gasteiger partial charge in [-0.25, -0.2) is 4.98 Å². The van der Waals surface area contributed by atoms with Crippen LogP contribution in [0, 0.1) is 0 Å². The average molecular weight is 273 g/mol. The van der Waals surface area contributed by atoms with Crippen molar-refractivity contribution in [3.05, 3.63) is 46.9 Å². The topological polar surface area (TPSA) is 28.2 Å². The highest BCUT2D eigenvalue weighted by atomic mass is 32.1. The van der Waals surface area contributed by atoms with Crippen molar-refractivity contribution in [1.29, 1.82) is 0 Å². The highest BCUT2D eigenvalue weighted by molar-refractivity contribution is 7.09. The smallest absolute Gasteiger partial charge is 0.113 e. The van der Waals surface area contributed by atoms with Gasteiger partial charge >= 0.3 is 0 Å². The second kappa shape index (κ2) is 5.31. The maximum atomic E-state index is 4.52. The number of benzene rings is 1. The molecule has 0 aliphatic carbocycles. The second-order valence-electron chi connectivity index (χ2n) is 4.99. The lowest BCUT2D eigenvalue weighted by atomic mass is 9.88. The van der Waals surface area contributed by atoms with Gasteiger partial charge in [0.05, 0.1) is 5.54 Å².